The summed E-state index contributed by atoms with van der Waals surface area (Å²) in [4.78, 5) is 26.9. The molecule has 0 radical (unpaired) electrons. The highest BCUT2D eigenvalue weighted by molar-refractivity contribution is 7.07. The molecule has 0 amide bonds. The van der Waals surface area contributed by atoms with E-state index < -0.39 is 5.41 Å². The normalized spacial score (nSPS) is 13.4. The molecule has 2 aromatic heterocycles. The van der Waals surface area contributed by atoms with Crippen molar-refractivity contribution in [1.82, 2.24) is 4.98 Å². The maximum Gasteiger partial charge on any atom is 0.266 e. The summed E-state index contributed by atoms with van der Waals surface area (Å²) in [7, 11) is 0. The number of thiazole rings is 1. The van der Waals surface area contributed by atoms with E-state index in [0.29, 0.717) is 25.7 Å². The average molecular weight is 388 g/mol. The van der Waals surface area contributed by atoms with Gasteiger partial charge in [0.15, 0.2) is 5.78 Å². The van der Waals surface area contributed by atoms with Crippen LogP contribution in [0.3, 0.4) is 0 Å². The third-order valence-corrected chi connectivity index (χ3v) is 4.93. The van der Waals surface area contributed by atoms with E-state index in [2.05, 4.69) is 4.98 Å². The highest BCUT2D eigenvalue weighted by Gasteiger charge is 2.18. The molecule has 0 aliphatic carbocycles. The fourth-order valence-corrected chi connectivity index (χ4v) is 3.18. The molecule has 0 saturated heterocycles. The SMILES string of the molecule is CC(C)(C)C(=O)/C=c1\[nH]c(=O)/c(=C\c2ccc(-c3ccc(Cl)cc3)o2)s1. The first kappa shape index (κ1) is 18.4. The highest BCUT2D eigenvalue weighted by atomic mass is 35.5. The fourth-order valence-electron chi connectivity index (χ4n) is 2.19. The number of H-pyrrole nitrogens is 1. The number of hydrogen-bond donors (Lipinski definition) is 1. The van der Waals surface area contributed by atoms with Gasteiger partial charge >= 0.3 is 0 Å². The van der Waals surface area contributed by atoms with E-state index in [1.165, 1.54) is 17.4 Å². The van der Waals surface area contributed by atoms with E-state index >= 15 is 0 Å². The van der Waals surface area contributed by atoms with Gasteiger partial charge in [0.25, 0.3) is 5.56 Å². The summed E-state index contributed by atoms with van der Waals surface area (Å²) in [5.41, 5.74) is 0.172. The molecule has 4 nitrogen and oxygen atoms in total. The first-order valence-corrected chi connectivity index (χ1v) is 9.24. The second kappa shape index (κ2) is 7.09. The number of aromatic nitrogens is 1. The van der Waals surface area contributed by atoms with Crippen LogP contribution in [-0.4, -0.2) is 10.8 Å². The number of Topliss-reactive ketones (excluding diaryl/α,β-unsaturated/α-hetero) is 1. The lowest BCUT2D eigenvalue weighted by Crippen LogP contribution is -2.22. The van der Waals surface area contributed by atoms with Crippen LogP contribution >= 0.6 is 22.9 Å². The van der Waals surface area contributed by atoms with Gasteiger partial charge in [-0.25, -0.2) is 0 Å². The van der Waals surface area contributed by atoms with E-state index in [1.807, 2.05) is 39.0 Å². The van der Waals surface area contributed by atoms with Gasteiger partial charge in [0.05, 0.1) is 9.20 Å². The molecule has 3 aromatic rings. The van der Waals surface area contributed by atoms with Crippen LogP contribution in [0.15, 0.2) is 45.6 Å². The molecular formula is C20H18ClNO3S. The predicted molar refractivity (Wildman–Crippen MR) is 106 cm³/mol. The lowest BCUT2D eigenvalue weighted by atomic mass is 9.91. The van der Waals surface area contributed by atoms with Crippen LogP contribution in [0, 0.1) is 5.41 Å². The Morgan fingerprint density at radius 3 is 2.50 bits per heavy atom. The fraction of sp³-hybridized carbons (Fsp3) is 0.200. The molecule has 2 heterocycles. The number of aromatic amines is 1. The molecule has 3 rings (SSSR count). The number of halogens is 1. The smallest absolute Gasteiger partial charge is 0.266 e. The summed E-state index contributed by atoms with van der Waals surface area (Å²) in [6.45, 7) is 5.52. The summed E-state index contributed by atoms with van der Waals surface area (Å²) in [6, 6.07) is 11.0. The number of carbonyl (C=O) groups is 1. The number of benzene rings is 1. The summed E-state index contributed by atoms with van der Waals surface area (Å²) in [6.07, 6.45) is 3.15. The standard InChI is InChI=1S/C20H18ClNO3S/c1-20(2,3)17(23)11-18-22-19(24)16(26-18)10-14-8-9-15(25-14)12-4-6-13(21)7-5-12/h4-11H,1-3H3,(H,22,24)/b16-10+,18-11+. The Balaban J connectivity index is 1.94. The lowest BCUT2D eigenvalue weighted by Gasteiger charge is -2.12. The first-order chi connectivity index (χ1) is 12.2. The Morgan fingerprint density at radius 1 is 1.15 bits per heavy atom. The van der Waals surface area contributed by atoms with Crippen molar-refractivity contribution in [2.24, 2.45) is 5.41 Å². The second-order valence-electron chi connectivity index (χ2n) is 6.90. The van der Waals surface area contributed by atoms with Gasteiger partial charge in [-0.1, -0.05) is 32.4 Å². The van der Waals surface area contributed by atoms with Crippen LogP contribution in [0.1, 0.15) is 26.5 Å². The molecule has 134 valence electrons. The van der Waals surface area contributed by atoms with E-state index in [-0.39, 0.29) is 11.3 Å². The Bertz CT molecular complexity index is 1110. The molecule has 1 aromatic carbocycles. The highest BCUT2D eigenvalue weighted by Crippen LogP contribution is 2.24. The van der Waals surface area contributed by atoms with Gasteiger partial charge in [0.2, 0.25) is 0 Å². The maximum absolute atomic E-state index is 12.1. The molecule has 0 saturated carbocycles. The summed E-state index contributed by atoms with van der Waals surface area (Å²) < 4.78 is 6.81. The number of ketones is 1. The van der Waals surface area contributed by atoms with Crippen LogP contribution in [0.4, 0.5) is 0 Å². The maximum atomic E-state index is 12.1. The molecule has 0 fully saturated rings. The topological polar surface area (TPSA) is 63.1 Å². The minimum atomic E-state index is -0.487. The zero-order valence-electron chi connectivity index (χ0n) is 14.6. The quantitative estimate of drug-likeness (QED) is 0.747. The zero-order chi connectivity index (χ0) is 18.9. The number of carbonyl (C=O) groups excluding carboxylic acids is 1. The Morgan fingerprint density at radius 2 is 1.85 bits per heavy atom. The van der Waals surface area contributed by atoms with Gasteiger partial charge in [-0.05, 0) is 36.4 Å². The van der Waals surface area contributed by atoms with Gasteiger partial charge < -0.3 is 9.40 Å². The molecule has 0 aliphatic heterocycles. The third kappa shape index (κ3) is 4.23. The van der Waals surface area contributed by atoms with Crippen LogP contribution in [0.25, 0.3) is 23.5 Å². The summed E-state index contributed by atoms with van der Waals surface area (Å²) in [5, 5.41) is 0.658. The van der Waals surface area contributed by atoms with Crippen LogP contribution in [0.2, 0.25) is 5.02 Å². The van der Waals surface area contributed by atoms with Gasteiger partial charge in [0.1, 0.15) is 11.5 Å². The predicted octanol–water partition coefficient (Wildman–Crippen LogP) is 3.57. The summed E-state index contributed by atoms with van der Waals surface area (Å²) >= 11 is 7.12. The largest absolute Gasteiger partial charge is 0.457 e. The van der Waals surface area contributed by atoms with Crippen molar-refractivity contribution in [1.29, 1.82) is 0 Å². The Kier molecular flexibility index (Phi) is 5.03. The zero-order valence-corrected chi connectivity index (χ0v) is 16.2. The van der Waals surface area contributed by atoms with Gasteiger partial charge in [-0.3, -0.25) is 9.59 Å². The molecule has 6 heteroatoms. The molecular weight excluding hydrogens is 370 g/mol. The number of furan rings is 1. The van der Waals surface area contributed by atoms with E-state index in [1.54, 1.807) is 24.3 Å². The molecule has 26 heavy (non-hydrogen) atoms. The molecule has 0 aliphatic rings. The van der Waals surface area contributed by atoms with Crippen molar-refractivity contribution in [3.8, 4) is 11.3 Å². The van der Waals surface area contributed by atoms with E-state index in [9.17, 15) is 9.59 Å². The average Bonchev–Trinajstić information content (AvgIpc) is 3.15. The molecule has 0 atom stereocenters. The third-order valence-electron chi connectivity index (χ3n) is 3.71. The number of rotatable bonds is 3. The van der Waals surface area contributed by atoms with Gasteiger partial charge in [0, 0.05) is 28.2 Å². The Labute approximate surface area is 159 Å². The molecule has 0 bridgehead atoms. The van der Waals surface area contributed by atoms with Crippen molar-refractivity contribution in [2.75, 3.05) is 0 Å². The molecule has 1 N–H and O–H groups in total. The lowest BCUT2D eigenvalue weighted by molar-refractivity contribution is -0.119. The van der Waals surface area contributed by atoms with Gasteiger partial charge in [-0.15, -0.1) is 11.3 Å². The first-order valence-electron chi connectivity index (χ1n) is 8.05. The van der Waals surface area contributed by atoms with Gasteiger partial charge in [-0.2, -0.15) is 0 Å². The van der Waals surface area contributed by atoms with E-state index in [0.717, 1.165) is 5.56 Å². The van der Waals surface area contributed by atoms with Crippen molar-refractivity contribution < 1.29 is 9.21 Å². The van der Waals surface area contributed by atoms with Crippen LogP contribution in [-0.2, 0) is 4.79 Å². The second-order valence-corrected chi connectivity index (χ2v) is 8.42. The summed E-state index contributed by atoms with van der Waals surface area (Å²) in [5.74, 6) is 1.22. The molecule has 0 unspecified atom stereocenters. The minimum Gasteiger partial charge on any atom is -0.457 e. The van der Waals surface area contributed by atoms with Crippen LogP contribution in [0.5, 0.6) is 0 Å². The Hall–Kier alpha value is -2.37. The molecule has 0 spiro atoms. The van der Waals surface area contributed by atoms with Crippen LogP contribution < -0.4 is 14.8 Å². The van der Waals surface area contributed by atoms with Crippen molar-refractivity contribution in [3.05, 3.63) is 66.7 Å². The minimum absolute atomic E-state index is 0.0374. The number of nitrogens with one attached hydrogen (secondary N) is 1. The number of hydrogen-bond acceptors (Lipinski definition) is 4. The van der Waals surface area contributed by atoms with Crippen molar-refractivity contribution >= 4 is 40.9 Å². The van der Waals surface area contributed by atoms with E-state index in [4.69, 9.17) is 16.0 Å². The van der Waals surface area contributed by atoms with Crippen molar-refractivity contribution in [3.63, 3.8) is 0 Å². The monoisotopic (exact) mass is 387 g/mol. The van der Waals surface area contributed by atoms with Crippen molar-refractivity contribution in [2.45, 2.75) is 20.8 Å².